The molecule has 1 amide bonds. The van der Waals surface area contributed by atoms with Crippen LogP contribution in [0.1, 0.15) is 18.1 Å². The van der Waals surface area contributed by atoms with E-state index in [1.165, 1.54) is 0 Å². The Bertz CT molecular complexity index is 1140. The monoisotopic (exact) mass is 396 g/mol. The quantitative estimate of drug-likeness (QED) is 0.701. The Morgan fingerprint density at radius 1 is 0.929 bits per heavy atom. The molecule has 146 valence electrons. The summed E-state index contributed by atoms with van der Waals surface area (Å²) in [4.78, 5) is 12.8. The van der Waals surface area contributed by atoms with Crippen LogP contribution in [0.4, 0.5) is 11.4 Å². The van der Waals surface area contributed by atoms with Crippen LogP contribution in [0.25, 0.3) is 10.8 Å². The second-order valence-electron chi connectivity index (χ2n) is 7.05. The molecule has 0 aromatic heterocycles. The molecule has 6 heteroatoms. The number of aryl methyl sites for hydroxylation is 2. The molecule has 0 aliphatic heterocycles. The maximum atomic E-state index is 12.8. The van der Waals surface area contributed by atoms with Gasteiger partial charge < -0.3 is 5.32 Å². The molecule has 3 aromatic rings. The fourth-order valence-electron chi connectivity index (χ4n) is 3.19. The SMILES string of the molecule is Cc1ccc(N([C@H](C)C(=O)Nc2ccc3ccccc3c2)S(C)(=O)=O)cc1C. The summed E-state index contributed by atoms with van der Waals surface area (Å²) in [6.45, 7) is 5.46. The molecule has 1 atom stereocenters. The molecule has 0 spiro atoms. The number of benzene rings is 3. The van der Waals surface area contributed by atoms with Gasteiger partial charge in [-0.25, -0.2) is 8.42 Å². The highest BCUT2D eigenvalue weighted by atomic mass is 32.2. The van der Waals surface area contributed by atoms with Gasteiger partial charge in [-0.15, -0.1) is 0 Å². The molecule has 0 radical (unpaired) electrons. The van der Waals surface area contributed by atoms with Crippen LogP contribution in [0, 0.1) is 13.8 Å². The predicted molar refractivity (Wildman–Crippen MR) is 115 cm³/mol. The molecule has 0 aliphatic carbocycles. The maximum Gasteiger partial charge on any atom is 0.247 e. The lowest BCUT2D eigenvalue weighted by molar-refractivity contribution is -0.116. The largest absolute Gasteiger partial charge is 0.324 e. The molecule has 3 aromatic carbocycles. The first-order chi connectivity index (χ1) is 13.2. The van der Waals surface area contributed by atoms with Gasteiger partial charge in [-0.05, 0) is 66.9 Å². The van der Waals surface area contributed by atoms with Crippen molar-refractivity contribution in [1.29, 1.82) is 0 Å². The maximum absolute atomic E-state index is 12.8. The second-order valence-corrected chi connectivity index (χ2v) is 8.91. The average molecular weight is 397 g/mol. The first-order valence-electron chi connectivity index (χ1n) is 9.03. The molecular formula is C22H24N2O3S. The van der Waals surface area contributed by atoms with Crippen molar-refractivity contribution in [2.45, 2.75) is 26.8 Å². The lowest BCUT2D eigenvalue weighted by Gasteiger charge is -2.28. The van der Waals surface area contributed by atoms with E-state index in [2.05, 4.69) is 5.32 Å². The van der Waals surface area contributed by atoms with Crippen LogP contribution in [0.5, 0.6) is 0 Å². The number of hydrogen-bond donors (Lipinski definition) is 1. The number of amides is 1. The highest BCUT2D eigenvalue weighted by Gasteiger charge is 2.29. The van der Waals surface area contributed by atoms with Gasteiger partial charge in [0.05, 0.1) is 11.9 Å². The topological polar surface area (TPSA) is 66.5 Å². The number of nitrogens with one attached hydrogen (secondary N) is 1. The van der Waals surface area contributed by atoms with Gasteiger partial charge in [0.1, 0.15) is 6.04 Å². The molecule has 0 saturated carbocycles. The zero-order chi connectivity index (χ0) is 20.5. The molecule has 1 N–H and O–H groups in total. The van der Waals surface area contributed by atoms with Gasteiger partial charge in [0.2, 0.25) is 15.9 Å². The predicted octanol–water partition coefficient (Wildman–Crippen LogP) is 4.25. The molecule has 28 heavy (non-hydrogen) atoms. The summed E-state index contributed by atoms with van der Waals surface area (Å²) in [6.07, 6.45) is 1.11. The Morgan fingerprint density at radius 3 is 2.25 bits per heavy atom. The average Bonchev–Trinajstić information content (AvgIpc) is 2.63. The van der Waals surface area contributed by atoms with E-state index in [4.69, 9.17) is 0 Å². The summed E-state index contributed by atoms with van der Waals surface area (Å²) in [5.74, 6) is -0.390. The lowest BCUT2D eigenvalue weighted by atomic mass is 10.1. The van der Waals surface area contributed by atoms with Crippen LogP contribution in [0.15, 0.2) is 60.7 Å². The Kier molecular flexibility index (Phi) is 5.42. The van der Waals surface area contributed by atoms with Crippen LogP contribution in [0.2, 0.25) is 0 Å². The Hall–Kier alpha value is -2.86. The van der Waals surface area contributed by atoms with E-state index in [0.29, 0.717) is 11.4 Å². The van der Waals surface area contributed by atoms with Crippen LogP contribution < -0.4 is 9.62 Å². The van der Waals surface area contributed by atoms with E-state index in [1.807, 2.05) is 62.4 Å². The molecule has 0 aliphatic rings. The number of sulfonamides is 1. The summed E-state index contributed by atoms with van der Waals surface area (Å²) in [7, 11) is -3.65. The van der Waals surface area contributed by atoms with Crippen molar-refractivity contribution in [2.24, 2.45) is 0 Å². The summed E-state index contributed by atoms with van der Waals surface area (Å²) < 4.78 is 26.1. The third-order valence-corrected chi connectivity index (χ3v) is 6.09. The van der Waals surface area contributed by atoms with Crippen molar-refractivity contribution in [2.75, 3.05) is 15.9 Å². The van der Waals surface area contributed by atoms with Crippen LogP contribution in [0.3, 0.4) is 0 Å². The van der Waals surface area contributed by atoms with Crippen LogP contribution in [-0.4, -0.2) is 26.6 Å². The summed E-state index contributed by atoms with van der Waals surface area (Å²) >= 11 is 0. The van der Waals surface area contributed by atoms with Gasteiger partial charge in [0, 0.05) is 5.69 Å². The molecular weight excluding hydrogens is 372 g/mol. The molecule has 0 fully saturated rings. The first-order valence-corrected chi connectivity index (χ1v) is 10.9. The smallest absolute Gasteiger partial charge is 0.247 e. The Balaban J connectivity index is 1.90. The zero-order valence-electron chi connectivity index (χ0n) is 16.4. The third-order valence-electron chi connectivity index (χ3n) is 4.85. The second kappa shape index (κ2) is 7.64. The summed E-state index contributed by atoms with van der Waals surface area (Å²) in [5, 5.41) is 4.91. The Morgan fingerprint density at radius 2 is 1.61 bits per heavy atom. The molecule has 0 unspecified atom stereocenters. The van der Waals surface area contributed by atoms with Gasteiger partial charge in [-0.2, -0.15) is 0 Å². The molecule has 5 nitrogen and oxygen atoms in total. The van der Waals surface area contributed by atoms with E-state index >= 15 is 0 Å². The van der Waals surface area contributed by atoms with Crippen molar-refractivity contribution in [3.63, 3.8) is 0 Å². The van der Waals surface area contributed by atoms with Crippen molar-refractivity contribution in [3.8, 4) is 0 Å². The first kappa shape index (κ1) is 19.9. The van der Waals surface area contributed by atoms with Crippen LogP contribution >= 0.6 is 0 Å². The minimum Gasteiger partial charge on any atom is -0.324 e. The van der Waals surface area contributed by atoms with Gasteiger partial charge in [-0.1, -0.05) is 36.4 Å². The minimum atomic E-state index is -3.65. The Labute approximate surface area is 166 Å². The van der Waals surface area contributed by atoms with Crippen LogP contribution in [-0.2, 0) is 14.8 Å². The van der Waals surface area contributed by atoms with Gasteiger partial charge in [0.15, 0.2) is 0 Å². The van der Waals surface area contributed by atoms with Crippen molar-refractivity contribution >= 4 is 38.1 Å². The van der Waals surface area contributed by atoms with Gasteiger partial charge >= 0.3 is 0 Å². The number of nitrogens with zero attached hydrogens (tertiary/aromatic N) is 1. The van der Waals surface area contributed by atoms with Crippen molar-refractivity contribution in [1.82, 2.24) is 0 Å². The number of fused-ring (bicyclic) bond motifs is 1. The van der Waals surface area contributed by atoms with E-state index < -0.39 is 16.1 Å². The fraction of sp³-hybridized carbons (Fsp3) is 0.227. The van der Waals surface area contributed by atoms with E-state index in [1.54, 1.807) is 19.1 Å². The highest BCUT2D eigenvalue weighted by Crippen LogP contribution is 2.25. The fourth-order valence-corrected chi connectivity index (χ4v) is 4.35. The van der Waals surface area contributed by atoms with E-state index in [9.17, 15) is 13.2 Å². The zero-order valence-corrected chi connectivity index (χ0v) is 17.2. The third kappa shape index (κ3) is 4.17. The number of carbonyl (C=O) groups is 1. The molecule has 0 heterocycles. The molecule has 0 bridgehead atoms. The molecule has 3 rings (SSSR count). The molecule has 0 saturated heterocycles. The number of anilines is 2. The highest BCUT2D eigenvalue weighted by molar-refractivity contribution is 7.92. The normalized spacial score (nSPS) is 12.6. The lowest BCUT2D eigenvalue weighted by Crippen LogP contribution is -2.45. The summed E-state index contributed by atoms with van der Waals surface area (Å²) in [5.41, 5.74) is 3.13. The number of rotatable bonds is 5. The number of carbonyl (C=O) groups excluding carboxylic acids is 1. The van der Waals surface area contributed by atoms with E-state index in [-0.39, 0.29) is 5.91 Å². The van der Waals surface area contributed by atoms with Crippen molar-refractivity contribution < 1.29 is 13.2 Å². The minimum absolute atomic E-state index is 0.390. The number of hydrogen-bond acceptors (Lipinski definition) is 3. The standard InChI is InChI=1S/C22H24N2O3S/c1-15-9-12-21(13-16(15)2)24(28(4,26)27)17(3)22(25)23-20-11-10-18-7-5-6-8-19(18)14-20/h5-14,17H,1-4H3,(H,23,25)/t17-/m1/s1. The van der Waals surface area contributed by atoms with E-state index in [0.717, 1.165) is 32.5 Å². The van der Waals surface area contributed by atoms with Crippen molar-refractivity contribution in [3.05, 3.63) is 71.8 Å². The van der Waals surface area contributed by atoms with Gasteiger partial charge in [0.25, 0.3) is 0 Å². The summed E-state index contributed by atoms with van der Waals surface area (Å²) in [6, 6.07) is 17.9. The van der Waals surface area contributed by atoms with Gasteiger partial charge in [-0.3, -0.25) is 9.10 Å².